The number of nitrogens with one attached hydrogen (secondary N) is 1. The average molecular weight is 360 g/mol. The zero-order valence-electron chi connectivity index (χ0n) is 11.9. The lowest BCUT2D eigenvalue weighted by molar-refractivity contribution is -0.137. The summed E-state index contributed by atoms with van der Waals surface area (Å²) in [7, 11) is 3.09. The Morgan fingerprint density at radius 2 is 2.00 bits per heavy atom. The fourth-order valence-electron chi connectivity index (χ4n) is 1.96. The third-order valence-electron chi connectivity index (χ3n) is 3.03. The largest absolute Gasteiger partial charge is 0.493 e. The van der Waals surface area contributed by atoms with Crippen molar-refractivity contribution in [3.63, 3.8) is 0 Å². The zero-order valence-corrected chi connectivity index (χ0v) is 13.5. The summed E-state index contributed by atoms with van der Waals surface area (Å²) in [6, 6.07) is 3.33. The van der Waals surface area contributed by atoms with E-state index in [1.807, 2.05) is 6.07 Å². The molecule has 2 N–H and O–H groups in total. The van der Waals surface area contributed by atoms with Crippen LogP contribution in [-0.4, -0.2) is 37.7 Å². The van der Waals surface area contributed by atoms with E-state index in [1.165, 1.54) is 0 Å². The number of carboxylic acids is 1. The Bertz CT molecular complexity index is 506. The van der Waals surface area contributed by atoms with E-state index in [-0.39, 0.29) is 12.5 Å². The Hall–Kier alpha value is -1.76. The second kappa shape index (κ2) is 8.51. The first-order chi connectivity index (χ1) is 10.0. The average Bonchev–Trinajstić information content (AvgIpc) is 2.46. The predicted octanol–water partition coefficient (Wildman–Crippen LogP) is 1.99. The van der Waals surface area contributed by atoms with Gasteiger partial charge in [0, 0.05) is 16.9 Å². The molecule has 0 aliphatic rings. The van der Waals surface area contributed by atoms with Crippen LogP contribution in [0.25, 0.3) is 0 Å². The van der Waals surface area contributed by atoms with Gasteiger partial charge in [0.25, 0.3) is 0 Å². The quantitative estimate of drug-likeness (QED) is 0.658. The number of carbonyl (C=O) groups is 2. The van der Waals surface area contributed by atoms with Crippen LogP contribution < -0.4 is 14.8 Å². The van der Waals surface area contributed by atoms with E-state index in [2.05, 4.69) is 21.2 Å². The van der Waals surface area contributed by atoms with Gasteiger partial charge in [-0.1, -0.05) is 15.9 Å². The van der Waals surface area contributed by atoms with Crippen LogP contribution in [0, 0.1) is 0 Å². The van der Waals surface area contributed by atoms with Crippen LogP contribution in [0.1, 0.15) is 18.4 Å². The molecular weight excluding hydrogens is 342 g/mol. The summed E-state index contributed by atoms with van der Waals surface area (Å²) in [5, 5.41) is 11.4. The number of rotatable bonds is 9. The molecule has 0 radical (unpaired) electrons. The standard InChI is InChI=1S/C14H18BrNO5/c1-20-12-6-9(11(15)7-13(12)21-2)5-10(16-8-17)3-4-14(18)19/h6-8,10H,3-5H2,1-2H3,(H,16,17)(H,18,19). The van der Waals surface area contributed by atoms with Gasteiger partial charge < -0.3 is 19.9 Å². The molecule has 116 valence electrons. The minimum atomic E-state index is -0.890. The van der Waals surface area contributed by atoms with Crippen LogP contribution >= 0.6 is 15.9 Å². The molecule has 0 aliphatic heterocycles. The number of amides is 1. The van der Waals surface area contributed by atoms with Gasteiger partial charge in [-0.25, -0.2) is 0 Å². The molecule has 0 heterocycles. The number of halogens is 1. The second-order valence-electron chi connectivity index (χ2n) is 4.42. The Balaban J connectivity index is 2.91. The maximum absolute atomic E-state index is 10.6. The first kappa shape index (κ1) is 17.3. The number of ether oxygens (including phenoxy) is 2. The summed E-state index contributed by atoms with van der Waals surface area (Å²) >= 11 is 3.44. The van der Waals surface area contributed by atoms with Crippen LogP contribution in [0.5, 0.6) is 11.5 Å². The van der Waals surface area contributed by atoms with Crippen LogP contribution in [-0.2, 0) is 16.0 Å². The molecule has 6 nitrogen and oxygen atoms in total. The number of hydrogen-bond acceptors (Lipinski definition) is 4. The van der Waals surface area contributed by atoms with E-state index in [0.29, 0.717) is 30.8 Å². The van der Waals surface area contributed by atoms with Crippen LogP contribution in [0.2, 0.25) is 0 Å². The van der Waals surface area contributed by atoms with E-state index >= 15 is 0 Å². The lowest BCUT2D eigenvalue weighted by Gasteiger charge is -2.18. The number of hydrogen-bond donors (Lipinski definition) is 2. The number of methoxy groups -OCH3 is 2. The smallest absolute Gasteiger partial charge is 0.303 e. The Morgan fingerprint density at radius 3 is 2.52 bits per heavy atom. The predicted molar refractivity (Wildman–Crippen MR) is 80.8 cm³/mol. The molecule has 0 aromatic heterocycles. The van der Waals surface area contributed by atoms with Gasteiger partial charge in [0.05, 0.1) is 14.2 Å². The molecule has 1 unspecified atom stereocenters. The minimum Gasteiger partial charge on any atom is -0.493 e. The molecule has 1 atom stereocenters. The summed E-state index contributed by atoms with van der Waals surface area (Å²) < 4.78 is 11.3. The SMILES string of the molecule is COc1cc(Br)c(CC(CCC(=O)O)NC=O)cc1OC. The van der Waals surface area contributed by atoms with Crippen molar-refractivity contribution in [2.75, 3.05) is 14.2 Å². The molecule has 0 saturated heterocycles. The molecule has 7 heteroatoms. The topological polar surface area (TPSA) is 84.9 Å². The van der Waals surface area contributed by atoms with Gasteiger partial charge >= 0.3 is 5.97 Å². The number of benzene rings is 1. The summed E-state index contributed by atoms with van der Waals surface area (Å²) in [6.07, 6.45) is 1.43. The van der Waals surface area contributed by atoms with Crippen molar-refractivity contribution in [2.24, 2.45) is 0 Å². The van der Waals surface area contributed by atoms with Gasteiger partial charge in [0.2, 0.25) is 6.41 Å². The van der Waals surface area contributed by atoms with E-state index < -0.39 is 5.97 Å². The molecule has 21 heavy (non-hydrogen) atoms. The van der Waals surface area contributed by atoms with Gasteiger partial charge in [0.1, 0.15) is 0 Å². The summed E-state index contributed by atoms with van der Waals surface area (Å²) in [5.41, 5.74) is 0.900. The van der Waals surface area contributed by atoms with Crippen LogP contribution in [0.4, 0.5) is 0 Å². The Labute approximate surface area is 131 Å². The summed E-state index contributed by atoms with van der Waals surface area (Å²) in [6.45, 7) is 0. The van der Waals surface area contributed by atoms with Crippen molar-refractivity contribution in [2.45, 2.75) is 25.3 Å². The molecule has 1 amide bonds. The van der Waals surface area contributed by atoms with Gasteiger partial charge in [-0.2, -0.15) is 0 Å². The maximum atomic E-state index is 10.6. The molecule has 0 saturated carbocycles. The van der Waals surface area contributed by atoms with Gasteiger partial charge in [-0.15, -0.1) is 0 Å². The van der Waals surface area contributed by atoms with Crippen molar-refractivity contribution in [1.82, 2.24) is 5.32 Å². The third kappa shape index (κ3) is 5.26. The van der Waals surface area contributed by atoms with Crippen molar-refractivity contribution in [1.29, 1.82) is 0 Å². The molecule has 0 aliphatic carbocycles. The van der Waals surface area contributed by atoms with Crippen molar-refractivity contribution in [3.05, 3.63) is 22.2 Å². The molecule has 1 rings (SSSR count). The van der Waals surface area contributed by atoms with E-state index in [4.69, 9.17) is 14.6 Å². The number of aliphatic carboxylic acids is 1. The first-order valence-corrected chi connectivity index (χ1v) is 7.13. The fraction of sp³-hybridized carbons (Fsp3) is 0.429. The molecule has 0 fully saturated rings. The third-order valence-corrected chi connectivity index (χ3v) is 3.77. The minimum absolute atomic E-state index is 0.00356. The van der Waals surface area contributed by atoms with E-state index in [9.17, 15) is 9.59 Å². The van der Waals surface area contributed by atoms with Gasteiger partial charge in [0.15, 0.2) is 11.5 Å². The maximum Gasteiger partial charge on any atom is 0.303 e. The Morgan fingerprint density at radius 1 is 1.38 bits per heavy atom. The second-order valence-corrected chi connectivity index (χ2v) is 5.27. The summed E-state index contributed by atoms with van der Waals surface area (Å²) in [4.78, 5) is 21.3. The highest BCUT2D eigenvalue weighted by atomic mass is 79.9. The fourth-order valence-corrected chi connectivity index (χ4v) is 2.44. The molecule has 0 spiro atoms. The van der Waals surface area contributed by atoms with Crippen LogP contribution in [0.15, 0.2) is 16.6 Å². The monoisotopic (exact) mass is 359 g/mol. The van der Waals surface area contributed by atoms with E-state index in [0.717, 1.165) is 10.0 Å². The zero-order chi connectivity index (χ0) is 15.8. The Kier molecular flexibility index (Phi) is 7.01. The number of carbonyl (C=O) groups excluding carboxylic acids is 1. The lowest BCUT2D eigenvalue weighted by Crippen LogP contribution is -2.30. The normalized spacial score (nSPS) is 11.6. The van der Waals surface area contributed by atoms with Crippen molar-refractivity contribution >= 4 is 28.3 Å². The molecule has 1 aromatic rings. The number of carboxylic acid groups (broad SMARTS) is 1. The lowest BCUT2D eigenvalue weighted by atomic mass is 10.0. The van der Waals surface area contributed by atoms with Crippen molar-refractivity contribution < 1.29 is 24.2 Å². The van der Waals surface area contributed by atoms with Crippen LogP contribution in [0.3, 0.4) is 0 Å². The molecule has 1 aromatic carbocycles. The van der Waals surface area contributed by atoms with Gasteiger partial charge in [-0.05, 0) is 30.5 Å². The van der Waals surface area contributed by atoms with Crippen molar-refractivity contribution in [3.8, 4) is 11.5 Å². The summed E-state index contributed by atoms with van der Waals surface area (Å²) in [5.74, 6) is 0.288. The van der Waals surface area contributed by atoms with Gasteiger partial charge in [-0.3, -0.25) is 9.59 Å². The first-order valence-electron chi connectivity index (χ1n) is 6.33. The van der Waals surface area contributed by atoms with E-state index in [1.54, 1.807) is 20.3 Å². The molecular formula is C14H18BrNO5. The molecule has 0 bridgehead atoms. The highest BCUT2D eigenvalue weighted by Gasteiger charge is 2.15. The highest BCUT2D eigenvalue weighted by molar-refractivity contribution is 9.10. The highest BCUT2D eigenvalue weighted by Crippen LogP contribution is 2.34.